The van der Waals surface area contributed by atoms with Crippen molar-refractivity contribution in [1.29, 1.82) is 0 Å². The van der Waals surface area contributed by atoms with Crippen molar-refractivity contribution >= 4 is 29.0 Å². The number of hydrogen-bond acceptors (Lipinski definition) is 4. The molecular formula is C14H10O4S. The monoisotopic (exact) mass is 274 g/mol. The van der Waals surface area contributed by atoms with Crippen LogP contribution < -0.4 is 9.47 Å². The number of ether oxygens (including phenoxy) is 2. The molecule has 96 valence electrons. The molecule has 2 heterocycles. The van der Waals surface area contributed by atoms with Gasteiger partial charge < -0.3 is 14.6 Å². The molecule has 0 saturated carbocycles. The van der Waals surface area contributed by atoms with Gasteiger partial charge >= 0.3 is 5.97 Å². The second-order valence-corrected chi connectivity index (χ2v) is 4.90. The van der Waals surface area contributed by atoms with Gasteiger partial charge in [0.2, 0.25) is 6.79 Å². The van der Waals surface area contributed by atoms with Gasteiger partial charge in [0.15, 0.2) is 11.5 Å². The Morgan fingerprint density at radius 2 is 2.11 bits per heavy atom. The number of benzene rings is 1. The fourth-order valence-electron chi connectivity index (χ4n) is 1.84. The maximum atomic E-state index is 11.3. The summed E-state index contributed by atoms with van der Waals surface area (Å²) in [5.41, 5.74) is 1.05. The zero-order valence-corrected chi connectivity index (χ0v) is 10.6. The van der Waals surface area contributed by atoms with Gasteiger partial charge in [-0.1, -0.05) is 12.1 Å². The van der Waals surface area contributed by atoms with E-state index in [9.17, 15) is 9.90 Å². The summed E-state index contributed by atoms with van der Waals surface area (Å²) in [6, 6.07) is 8.99. The predicted molar refractivity (Wildman–Crippen MR) is 72.4 cm³/mol. The Hall–Kier alpha value is -2.27. The summed E-state index contributed by atoms with van der Waals surface area (Å²) in [7, 11) is 0. The Labute approximate surface area is 113 Å². The molecule has 0 atom stereocenters. The molecule has 1 aromatic heterocycles. The molecule has 0 bridgehead atoms. The van der Waals surface area contributed by atoms with Gasteiger partial charge in [-0.05, 0) is 35.2 Å². The van der Waals surface area contributed by atoms with Gasteiger partial charge in [0.25, 0.3) is 0 Å². The van der Waals surface area contributed by atoms with Crippen LogP contribution in [0.15, 0.2) is 35.7 Å². The largest absolute Gasteiger partial charge is 0.478 e. The number of aliphatic carboxylic acids is 1. The number of rotatable bonds is 3. The Bertz CT molecular complexity index is 643. The summed E-state index contributed by atoms with van der Waals surface area (Å²) in [6.45, 7) is 0.208. The van der Waals surface area contributed by atoms with Crippen molar-refractivity contribution in [3.05, 3.63) is 46.2 Å². The number of fused-ring (bicyclic) bond motifs is 1. The van der Waals surface area contributed by atoms with Crippen LogP contribution >= 0.6 is 11.3 Å². The Balaban J connectivity index is 2.01. The molecule has 4 nitrogen and oxygen atoms in total. The molecule has 0 spiro atoms. The van der Waals surface area contributed by atoms with E-state index in [2.05, 4.69) is 0 Å². The third-order valence-electron chi connectivity index (χ3n) is 2.72. The topological polar surface area (TPSA) is 55.8 Å². The Morgan fingerprint density at radius 1 is 1.26 bits per heavy atom. The SMILES string of the molecule is O=C(O)/C(=C/c1ccc2c(c1)OCO2)c1cccs1. The number of thiophene rings is 1. The molecule has 0 radical (unpaired) electrons. The highest BCUT2D eigenvalue weighted by molar-refractivity contribution is 7.11. The average Bonchev–Trinajstić information content (AvgIpc) is 3.06. The third-order valence-corrected chi connectivity index (χ3v) is 3.63. The predicted octanol–water partition coefficient (Wildman–Crippen LogP) is 3.10. The Kier molecular flexibility index (Phi) is 2.97. The summed E-state index contributed by atoms with van der Waals surface area (Å²) >= 11 is 1.40. The van der Waals surface area contributed by atoms with E-state index >= 15 is 0 Å². The minimum Gasteiger partial charge on any atom is -0.478 e. The fraction of sp³-hybridized carbons (Fsp3) is 0.0714. The first-order chi connectivity index (χ1) is 9.24. The highest BCUT2D eigenvalue weighted by atomic mass is 32.1. The summed E-state index contributed by atoms with van der Waals surface area (Å²) < 4.78 is 10.5. The Morgan fingerprint density at radius 3 is 2.84 bits per heavy atom. The summed E-state index contributed by atoms with van der Waals surface area (Å²) in [4.78, 5) is 12.0. The maximum absolute atomic E-state index is 11.3. The molecule has 0 amide bonds. The summed E-state index contributed by atoms with van der Waals surface area (Å²) in [5.74, 6) is 0.384. The second kappa shape index (κ2) is 4.78. The minimum absolute atomic E-state index is 0.208. The lowest BCUT2D eigenvalue weighted by Crippen LogP contribution is -1.97. The number of carboxylic acids is 1. The van der Waals surface area contributed by atoms with Crippen LogP contribution in [0.3, 0.4) is 0 Å². The van der Waals surface area contributed by atoms with Crippen molar-refractivity contribution in [2.45, 2.75) is 0 Å². The first kappa shape index (κ1) is 11.8. The molecule has 0 unspecified atom stereocenters. The molecule has 5 heteroatoms. The van der Waals surface area contributed by atoms with E-state index in [1.807, 2.05) is 17.5 Å². The maximum Gasteiger partial charge on any atom is 0.337 e. The van der Waals surface area contributed by atoms with Crippen molar-refractivity contribution in [1.82, 2.24) is 0 Å². The van der Waals surface area contributed by atoms with Crippen LogP contribution in [0.2, 0.25) is 0 Å². The van der Waals surface area contributed by atoms with E-state index in [0.717, 1.165) is 10.4 Å². The van der Waals surface area contributed by atoms with Crippen LogP contribution in [0.25, 0.3) is 11.6 Å². The van der Waals surface area contributed by atoms with Crippen LogP contribution in [0.1, 0.15) is 10.4 Å². The van der Waals surface area contributed by atoms with Crippen molar-refractivity contribution in [3.63, 3.8) is 0 Å². The van der Waals surface area contributed by atoms with Gasteiger partial charge in [0.05, 0.1) is 5.57 Å². The highest BCUT2D eigenvalue weighted by Crippen LogP contribution is 2.34. The highest BCUT2D eigenvalue weighted by Gasteiger charge is 2.15. The molecule has 0 saturated heterocycles. The molecule has 1 N–H and O–H groups in total. The molecule has 1 aromatic carbocycles. The zero-order chi connectivity index (χ0) is 13.2. The number of carbonyl (C=O) groups is 1. The molecule has 19 heavy (non-hydrogen) atoms. The molecule has 1 aliphatic rings. The van der Waals surface area contributed by atoms with Crippen molar-refractivity contribution < 1.29 is 19.4 Å². The van der Waals surface area contributed by atoms with Gasteiger partial charge in [-0.15, -0.1) is 11.3 Å². The molecule has 1 aliphatic heterocycles. The summed E-state index contributed by atoms with van der Waals surface area (Å²) in [5, 5.41) is 11.1. The van der Waals surface area contributed by atoms with Crippen LogP contribution in [-0.2, 0) is 4.79 Å². The molecular weight excluding hydrogens is 264 g/mol. The van der Waals surface area contributed by atoms with E-state index in [1.165, 1.54) is 11.3 Å². The quantitative estimate of drug-likeness (QED) is 0.874. The molecule has 0 fully saturated rings. The van der Waals surface area contributed by atoms with E-state index in [1.54, 1.807) is 24.3 Å². The van der Waals surface area contributed by atoms with E-state index in [-0.39, 0.29) is 12.4 Å². The average molecular weight is 274 g/mol. The van der Waals surface area contributed by atoms with Gasteiger partial charge in [0, 0.05) is 4.88 Å². The second-order valence-electron chi connectivity index (χ2n) is 3.95. The first-order valence-electron chi connectivity index (χ1n) is 5.62. The van der Waals surface area contributed by atoms with Crippen molar-refractivity contribution in [3.8, 4) is 11.5 Å². The fourth-order valence-corrected chi connectivity index (χ4v) is 2.57. The van der Waals surface area contributed by atoms with Crippen LogP contribution in [0.5, 0.6) is 11.5 Å². The van der Waals surface area contributed by atoms with Crippen LogP contribution in [-0.4, -0.2) is 17.9 Å². The number of hydrogen-bond donors (Lipinski definition) is 1. The summed E-state index contributed by atoms with van der Waals surface area (Å²) in [6.07, 6.45) is 1.64. The van der Waals surface area contributed by atoms with Crippen molar-refractivity contribution in [2.75, 3.05) is 6.79 Å². The van der Waals surface area contributed by atoms with Crippen LogP contribution in [0, 0.1) is 0 Å². The van der Waals surface area contributed by atoms with Crippen molar-refractivity contribution in [2.24, 2.45) is 0 Å². The van der Waals surface area contributed by atoms with E-state index in [4.69, 9.17) is 9.47 Å². The lowest BCUT2D eigenvalue weighted by atomic mass is 10.1. The lowest BCUT2D eigenvalue weighted by Gasteiger charge is -2.01. The third kappa shape index (κ3) is 2.32. The number of carboxylic acid groups (broad SMARTS) is 1. The van der Waals surface area contributed by atoms with Gasteiger partial charge in [-0.2, -0.15) is 0 Å². The van der Waals surface area contributed by atoms with E-state index in [0.29, 0.717) is 11.5 Å². The lowest BCUT2D eigenvalue weighted by molar-refractivity contribution is -0.130. The minimum atomic E-state index is -0.944. The zero-order valence-electron chi connectivity index (χ0n) is 9.83. The molecule has 2 aromatic rings. The van der Waals surface area contributed by atoms with Gasteiger partial charge in [-0.3, -0.25) is 0 Å². The van der Waals surface area contributed by atoms with E-state index < -0.39 is 5.97 Å². The first-order valence-corrected chi connectivity index (χ1v) is 6.50. The van der Waals surface area contributed by atoms with Gasteiger partial charge in [0.1, 0.15) is 0 Å². The molecule has 3 rings (SSSR count). The normalized spacial score (nSPS) is 13.6. The standard InChI is InChI=1S/C14H10O4S/c15-14(16)10(13-2-1-5-19-13)6-9-3-4-11-12(7-9)18-8-17-11/h1-7H,8H2,(H,15,16)/b10-6+. The smallest absolute Gasteiger partial charge is 0.337 e. The van der Waals surface area contributed by atoms with Crippen LogP contribution in [0.4, 0.5) is 0 Å². The molecule has 0 aliphatic carbocycles. The van der Waals surface area contributed by atoms with Gasteiger partial charge in [-0.25, -0.2) is 4.79 Å².